The molecule has 0 spiro atoms. The lowest BCUT2D eigenvalue weighted by Crippen LogP contribution is -2.31. The van der Waals surface area contributed by atoms with Gasteiger partial charge in [-0.05, 0) is 48.6 Å². The maximum absolute atomic E-state index is 13.5. The van der Waals surface area contributed by atoms with Crippen LogP contribution in [0.1, 0.15) is 24.8 Å². The predicted octanol–water partition coefficient (Wildman–Crippen LogP) is 4.26. The summed E-state index contributed by atoms with van der Waals surface area (Å²) in [5, 5.41) is 10.6. The van der Waals surface area contributed by atoms with Crippen molar-refractivity contribution in [1.82, 2.24) is 19.5 Å². The maximum Gasteiger partial charge on any atom is 0.257 e. The third kappa shape index (κ3) is 3.81. The molecular weight excluding hydrogens is 408 g/mol. The highest BCUT2D eigenvalue weighted by atomic mass is 32.2. The molecule has 0 aliphatic carbocycles. The third-order valence-electron chi connectivity index (χ3n) is 4.53. The van der Waals surface area contributed by atoms with E-state index < -0.39 is 10.0 Å². The minimum absolute atomic E-state index is 0.0180. The van der Waals surface area contributed by atoms with Crippen LogP contribution in [0.3, 0.4) is 0 Å². The number of hydrogen-bond acceptors (Lipinski definition) is 7. The van der Waals surface area contributed by atoms with E-state index in [0.29, 0.717) is 29.8 Å². The minimum atomic E-state index is -3.78. The van der Waals surface area contributed by atoms with E-state index in [4.69, 9.17) is 4.42 Å². The summed E-state index contributed by atoms with van der Waals surface area (Å²) >= 11 is 1.49. The van der Waals surface area contributed by atoms with Gasteiger partial charge in [0.15, 0.2) is 0 Å². The second kappa shape index (κ2) is 8.02. The van der Waals surface area contributed by atoms with E-state index in [1.54, 1.807) is 30.5 Å². The van der Waals surface area contributed by atoms with E-state index in [2.05, 4.69) is 15.2 Å². The van der Waals surface area contributed by atoms with E-state index in [1.165, 1.54) is 15.6 Å². The molecule has 150 valence electrons. The normalized spacial score (nSPS) is 12.1. The van der Waals surface area contributed by atoms with Crippen molar-refractivity contribution in [3.05, 3.63) is 59.4 Å². The van der Waals surface area contributed by atoms with Crippen molar-refractivity contribution < 1.29 is 12.8 Å². The van der Waals surface area contributed by atoms with Crippen LogP contribution in [-0.4, -0.2) is 34.4 Å². The average Bonchev–Trinajstić information content (AvgIpc) is 3.40. The lowest BCUT2D eigenvalue weighted by molar-refractivity contribution is 0.358. The zero-order valence-electron chi connectivity index (χ0n) is 16.1. The molecule has 0 bridgehead atoms. The van der Waals surface area contributed by atoms with Gasteiger partial charge in [0.1, 0.15) is 0 Å². The highest BCUT2D eigenvalue weighted by Crippen LogP contribution is 2.29. The highest BCUT2D eigenvalue weighted by molar-refractivity contribution is 7.89. The molecule has 9 heteroatoms. The van der Waals surface area contributed by atoms with Gasteiger partial charge in [-0.1, -0.05) is 19.1 Å². The van der Waals surface area contributed by atoms with Gasteiger partial charge in [-0.3, -0.25) is 4.98 Å². The molecule has 3 heterocycles. The molecule has 0 fully saturated rings. The smallest absolute Gasteiger partial charge is 0.257 e. The summed E-state index contributed by atoms with van der Waals surface area (Å²) in [7, 11) is -3.78. The summed E-state index contributed by atoms with van der Waals surface area (Å²) in [6, 6.07) is 10.7. The van der Waals surface area contributed by atoms with Gasteiger partial charge in [-0.25, -0.2) is 8.42 Å². The maximum atomic E-state index is 13.5. The number of benzene rings is 1. The van der Waals surface area contributed by atoms with Crippen molar-refractivity contribution in [2.24, 2.45) is 0 Å². The molecule has 0 saturated heterocycles. The molecule has 7 nitrogen and oxygen atoms in total. The Morgan fingerprint density at radius 1 is 1.14 bits per heavy atom. The van der Waals surface area contributed by atoms with Crippen LogP contribution in [-0.2, 0) is 16.6 Å². The van der Waals surface area contributed by atoms with Crippen molar-refractivity contribution in [2.45, 2.75) is 31.7 Å². The van der Waals surface area contributed by atoms with Crippen molar-refractivity contribution >= 4 is 32.3 Å². The van der Waals surface area contributed by atoms with Crippen LogP contribution in [0.4, 0.5) is 0 Å². The number of pyridine rings is 1. The number of aryl methyl sites for hydroxylation is 1. The molecule has 4 rings (SSSR count). The van der Waals surface area contributed by atoms with Gasteiger partial charge in [0.25, 0.3) is 5.89 Å². The van der Waals surface area contributed by atoms with Crippen LogP contribution in [0.5, 0.6) is 0 Å². The molecule has 0 amide bonds. The molecule has 0 aliphatic rings. The van der Waals surface area contributed by atoms with Gasteiger partial charge in [-0.2, -0.15) is 4.31 Å². The molecule has 0 aliphatic heterocycles. The Labute approximate surface area is 173 Å². The van der Waals surface area contributed by atoms with Crippen LogP contribution in [0.15, 0.2) is 57.3 Å². The van der Waals surface area contributed by atoms with Crippen LogP contribution in [0.25, 0.3) is 21.7 Å². The zero-order chi connectivity index (χ0) is 20.4. The fraction of sp³-hybridized carbons (Fsp3) is 0.250. The van der Waals surface area contributed by atoms with E-state index in [-0.39, 0.29) is 17.3 Å². The Kier molecular flexibility index (Phi) is 5.44. The fourth-order valence-electron chi connectivity index (χ4n) is 3.15. The van der Waals surface area contributed by atoms with Crippen LogP contribution < -0.4 is 0 Å². The van der Waals surface area contributed by atoms with E-state index in [1.807, 2.05) is 31.4 Å². The number of rotatable bonds is 7. The van der Waals surface area contributed by atoms with Crippen LogP contribution in [0, 0.1) is 6.92 Å². The van der Waals surface area contributed by atoms with Crippen molar-refractivity contribution in [2.75, 3.05) is 6.54 Å². The molecule has 0 unspecified atom stereocenters. The predicted molar refractivity (Wildman–Crippen MR) is 112 cm³/mol. The number of hydrogen-bond donors (Lipinski definition) is 0. The van der Waals surface area contributed by atoms with E-state index in [9.17, 15) is 8.42 Å². The number of thiophene rings is 1. The second-order valence-corrected chi connectivity index (χ2v) is 9.45. The van der Waals surface area contributed by atoms with Gasteiger partial charge in [0.2, 0.25) is 15.9 Å². The van der Waals surface area contributed by atoms with Crippen LogP contribution in [0.2, 0.25) is 0 Å². The third-order valence-corrected chi connectivity index (χ3v) is 7.29. The summed E-state index contributed by atoms with van der Waals surface area (Å²) in [5.41, 5.74) is 1.61. The second-order valence-electron chi connectivity index (χ2n) is 6.60. The summed E-state index contributed by atoms with van der Waals surface area (Å²) in [4.78, 5) is 5.44. The fourth-order valence-corrected chi connectivity index (χ4v) is 5.46. The summed E-state index contributed by atoms with van der Waals surface area (Å²) in [6.07, 6.45) is 2.33. The van der Waals surface area contributed by atoms with Gasteiger partial charge in [0.05, 0.1) is 21.8 Å². The molecule has 0 N–H and O–H groups in total. The first-order valence-corrected chi connectivity index (χ1v) is 11.5. The first-order chi connectivity index (χ1) is 14.0. The van der Waals surface area contributed by atoms with Gasteiger partial charge >= 0.3 is 0 Å². The quantitative estimate of drug-likeness (QED) is 0.437. The standard InChI is InChI=1S/C20H20N4O3S2/c1-3-11-24(13-18-22-23-20(27-18)16-7-5-12-28-16)29(25,26)17-9-8-14(2)19-15(17)6-4-10-21-19/h4-10,12H,3,11,13H2,1-2H3. The van der Waals surface area contributed by atoms with Gasteiger partial charge in [-0.15, -0.1) is 21.5 Å². The summed E-state index contributed by atoms with van der Waals surface area (Å²) in [6.45, 7) is 4.21. The molecular formula is C20H20N4O3S2. The Morgan fingerprint density at radius 3 is 2.76 bits per heavy atom. The Hall–Kier alpha value is -2.62. The molecule has 0 saturated carbocycles. The topological polar surface area (TPSA) is 89.2 Å². The summed E-state index contributed by atoms with van der Waals surface area (Å²) < 4.78 is 34.1. The van der Waals surface area contributed by atoms with Crippen molar-refractivity contribution in [1.29, 1.82) is 0 Å². The van der Waals surface area contributed by atoms with Crippen molar-refractivity contribution in [3.8, 4) is 10.8 Å². The minimum Gasteiger partial charge on any atom is -0.418 e. The molecule has 0 radical (unpaired) electrons. The first kappa shape index (κ1) is 19.7. The SMILES string of the molecule is CCCN(Cc1nnc(-c2cccs2)o1)S(=O)(=O)c1ccc(C)c2ncccc12. The Balaban J connectivity index is 1.71. The molecule has 29 heavy (non-hydrogen) atoms. The Morgan fingerprint density at radius 2 is 2.00 bits per heavy atom. The molecule has 1 aromatic carbocycles. The average molecular weight is 429 g/mol. The summed E-state index contributed by atoms with van der Waals surface area (Å²) in [5.74, 6) is 0.661. The first-order valence-electron chi connectivity index (χ1n) is 9.21. The van der Waals surface area contributed by atoms with Crippen molar-refractivity contribution in [3.63, 3.8) is 0 Å². The number of nitrogens with zero attached hydrogens (tertiary/aromatic N) is 4. The Bertz CT molecular complexity index is 1230. The number of fused-ring (bicyclic) bond motifs is 1. The number of aromatic nitrogens is 3. The van der Waals surface area contributed by atoms with Gasteiger partial charge < -0.3 is 4.42 Å². The van der Waals surface area contributed by atoms with Gasteiger partial charge in [0, 0.05) is 18.1 Å². The monoisotopic (exact) mass is 428 g/mol. The lowest BCUT2D eigenvalue weighted by Gasteiger charge is -2.21. The zero-order valence-corrected chi connectivity index (χ0v) is 17.7. The van der Waals surface area contributed by atoms with E-state index >= 15 is 0 Å². The van der Waals surface area contributed by atoms with E-state index in [0.717, 1.165) is 10.4 Å². The largest absolute Gasteiger partial charge is 0.418 e. The van der Waals surface area contributed by atoms with Crippen LogP contribution >= 0.6 is 11.3 Å². The highest BCUT2D eigenvalue weighted by Gasteiger charge is 2.28. The molecule has 3 aromatic heterocycles. The lowest BCUT2D eigenvalue weighted by atomic mass is 10.1. The number of sulfonamides is 1. The molecule has 4 aromatic rings. The molecule has 0 atom stereocenters.